The predicted octanol–water partition coefficient (Wildman–Crippen LogP) is -9.40. The molecule has 8 heteroatoms. The van der Waals surface area contributed by atoms with Crippen molar-refractivity contribution in [1.82, 2.24) is 0 Å². The third-order valence-corrected chi connectivity index (χ3v) is 8.29. The van der Waals surface area contributed by atoms with Crippen molar-refractivity contribution < 1.29 is 98.5 Å². The first-order valence-electron chi connectivity index (χ1n) is 2.72. The van der Waals surface area contributed by atoms with Gasteiger partial charge in [0.2, 0.25) is 0 Å². The maximum absolute atomic E-state index is 10.6. The van der Waals surface area contributed by atoms with Crippen molar-refractivity contribution in [3.8, 4) is 0 Å². The normalized spacial score (nSPS) is 9.50. The van der Waals surface area contributed by atoms with Crippen LogP contribution in [-0.4, -0.2) is 11.5 Å². The molecule has 0 unspecified atom stereocenters. The molecule has 0 spiro atoms. The van der Waals surface area contributed by atoms with Crippen LogP contribution in [-0.2, 0) is 22.3 Å². The Balaban J connectivity index is -0.000000107. The Morgan fingerprint density at radius 1 is 1.08 bits per heavy atom. The molecule has 0 atom stereocenters. The van der Waals surface area contributed by atoms with Crippen LogP contribution in [0.2, 0.25) is 0 Å². The molecule has 0 saturated carbocycles. The molecule has 0 heterocycles. The molecule has 58 valence electrons. The zero-order chi connectivity index (χ0) is 7.49. The topological polar surface area (TPSA) is 46.1 Å². The molecule has 0 amide bonds. The minimum Gasteiger partial charge on any atom is -0.854 e. The monoisotopic (exact) mass is 254 g/mol. The summed E-state index contributed by atoms with van der Waals surface area (Å²) in [6.45, 7) is 3.70. The molecule has 2 nitrogen and oxygen atoms in total. The Morgan fingerprint density at radius 3 is 1.33 bits per heavy atom. The average Bonchev–Trinajstić information content (AvgIpc) is 1.65. The van der Waals surface area contributed by atoms with Gasteiger partial charge < -0.3 is 27.7 Å². The van der Waals surface area contributed by atoms with Gasteiger partial charge in [0.15, 0.2) is 0 Å². The summed E-state index contributed by atoms with van der Waals surface area (Å²) in [5, 5.41) is 0. The van der Waals surface area contributed by atoms with E-state index in [0.29, 0.717) is 11.5 Å². The molecule has 0 fully saturated rings. The van der Waals surface area contributed by atoms with Crippen LogP contribution in [0.5, 0.6) is 0 Å². The standard InChI is InChI=1S/C4H10O2PS2.3Na/c1-3-9(4-2)7(5,6)8;;;/h3-4H2,1-2H3;;;/q-3;3*+1. The van der Waals surface area contributed by atoms with Crippen molar-refractivity contribution in [3.63, 3.8) is 0 Å². The van der Waals surface area contributed by atoms with Gasteiger partial charge in [-0.3, -0.25) is 0 Å². The fourth-order valence-electron chi connectivity index (χ4n) is 0.520. The molecule has 0 saturated heterocycles. The van der Waals surface area contributed by atoms with Crippen molar-refractivity contribution in [2.45, 2.75) is 13.8 Å². The van der Waals surface area contributed by atoms with Gasteiger partial charge in [-0.1, -0.05) is 13.8 Å². The van der Waals surface area contributed by atoms with Gasteiger partial charge in [0.1, 0.15) is 0 Å². The summed E-state index contributed by atoms with van der Waals surface area (Å²) < 4.78 is 0. The van der Waals surface area contributed by atoms with E-state index in [1.54, 1.807) is 0 Å². The van der Waals surface area contributed by atoms with Crippen LogP contribution < -0.4 is 98.5 Å². The predicted molar refractivity (Wildman–Crippen MR) is 42.7 cm³/mol. The van der Waals surface area contributed by atoms with Gasteiger partial charge in [-0.05, 0) is 11.5 Å². The molecule has 0 aliphatic heterocycles. The van der Waals surface area contributed by atoms with E-state index in [1.165, 1.54) is 0 Å². The molecule has 0 aliphatic rings. The van der Waals surface area contributed by atoms with Gasteiger partial charge in [0.05, 0.1) is 0 Å². The zero-order valence-electron chi connectivity index (χ0n) is 8.49. The molecule has 0 aromatic heterocycles. The minimum absolute atomic E-state index is 0. The summed E-state index contributed by atoms with van der Waals surface area (Å²) in [7, 11) is -0.541. The molecule has 0 radical (unpaired) electrons. The van der Waals surface area contributed by atoms with Crippen LogP contribution in [0.4, 0.5) is 0 Å². The second-order valence-electron chi connectivity index (χ2n) is 1.49. The molecule has 0 N–H and O–H groups in total. The van der Waals surface area contributed by atoms with Crippen molar-refractivity contribution in [2.24, 2.45) is 0 Å². The van der Waals surface area contributed by atoms with E-state index in [1.807, 2.05) is 13.8 Å². The molecular weight excluding hydrogens is 244 g/mol. The SMILES string of the molecule is CCS(CC)=P([O-])([O-])[S-].[Na+].[Na+].[Na+]. The van der Waals surface area contributed by atoms with Gasteiger partial charge in [0, 0.05) is 0 Å². The summed E-state index contributed by atoms with van der Waals surface area (Å²) >= 11 is 4.32. The quantitative estimate of drug-likeness (QED) is 0.279. The van der Waals surface area contributed by atoms with Crippen LogP contribution in [0.1, 0.15) is 13.8 Å². The molecule has 0 rings (SSSR count). The first kappa shape index (κ1) is 25.0. The summed E-state index contributed by atoms with van der Waals surface area (Å²) in [6, 6.07) is 0. The Morgan fingerprint density at radius 2 is 1.33 bits per heavy atom. The van der Waals surface area contributed by atoms with Crippen molar-refractivity contribution in [3.05, 3.63) is 0 Å². The van der Waals surface area contributed by atoms with Crippen molar-refractivity contribution in [2.75, 3.05) is 11.5 Å². The summed E-state index contributed by atoms with van der Waals surface area (Å²) in [4.78, 5) is 21.3. The molecular formula is C4H10Na3O2PS2. The van der Waals surface area contributed by atoms with Crippen LogP contribution in [0.3, 0.4) is 0 Å². The Bertz CT molecular complexity index is 135. The first-order valence-corrected chi connectivity index (χ1v) is 7.53. The van der Waals surface area contributed by atoms with Crippen molar-refractivity contribution in [1.29, 1.82) is 0 Å². The smallest absolute Gasteiger partial charge is 0.854 e. The molecule has 0 aromatic rings. The fourth-order valence-corrected chi connectivity index (χ4v) is 5.36. The molecule has 0 aromatic carbocycles. The largest absolute Gasteiger partial charge is 1.00 e. The van der Waals surface area contributed by atoms with E-state index < -0.39 is 15.8 Å². The van der Waals surface area contributed by atoms with E-state index in [0.717, 1.165) is 0 Å². The minimum atomic E-state index is -3.41. The average molecular weight is 254 g/mol. The van der Waals surface area contributed by atoms with Crippen LogP contribution in [0.25, 0.3) is 0 Å². The van der Waals surface area contributed by atoms with E-state index >= 15 is 0 Å². The maximum Gasteiger partial charge on any atom is 1.00 e. The van der Waals surface area contributed by atoms with Crippen LogP contribution in [0, 0.1) is 0 Å². The fraction of sp³-hybridized carbons (Fsp3) is 1.00. The van der Waals surface area contributed by atoms with E-state index in [9.17, 15) is 9.79 Å². The first-order chi connectivity index (χ1) is 4.02. The Kier molecular flexibility index (Phi) is 27.4. The summed E-state index contributed by atoms with van der Waals surface area (Å²) in [5.74, 6) is 1.33. The van der Waals surface area contributed by atoms with Gasteiger partial charge in [-0.2, -0.15) is 0 Å². The molecule has 0 bridgehead atoms. The Labute approximate surface area is 149 Å². The zero-order valence-corrected chi connectivity index (χ0v) is 17.0. The van der Waals surface area contributed by atoms with Crippen molar-refractivity contribution >= 4 is 28.0 Å². The summed E-state index contributed by atoms with van der Waals surface area (Å²) in [6.07, 6.45) is 0. The maximum atomic E-state index is 10.6. The number of hydrogen-bond donors (Lipinski definition) is 0. The Hall–Kier alpha value is 4.05. The second kappa shape index (κ2) is 13.1. The molecule has 0 aliphatic carbocycles. The van der Waals surface area contributed by atoms with Gasteiger partial charge in [-0.25, -0.2) is 10.1 Å². The number of rotatable bonds is 2. The van der Waals surface area contributed by atoms with E-state index in [4.69, 9.17) is 0 Å². The van der Waals surface area contributed by atoms with Crippen LogP contribution >= 0.6 is 5.69 Å². The van der Waals surface area contributed by atoms with E-state index in [-0.39, 0.29) is 88.7 Å². The summed E-state index contributed by atoms with van der Waals surface area (Å²) in [5.41, 5.74) is -3.41. The van der Waals surface area contributed by atoms with Gasteiger partial charge >= 0.3 is 88.7 Å². The third kappa shape index (κ3) is 12.1. The number of hydrogen-bond acceptors (Lipinski definition) is 3. The van der Waals surface area contributed by atoms with Crippen LogP contribution in [0.15, 0.2) is 0 Å². The van der Waals surface area contributed by atoms with Gasteiger partial charge in [0.25, 0.3) is 0 Å². The second-order valence-corrected chi connectivity index (χ2v) is 9.59. The van der Waals surface area contributed by atoms with E-state index in [2.05, 4.69) is 12.2 Å². The van der Waals surface area contributed by atoms with Gasteiger partial charge in [-0.15, -0.1) is 0 Å². The molecule has 12 heavy (non-hydrogen) atoms. The third-order valence-electron chi connectivity index (χ3n) is 0.983.